The third kappa shape index (κ3) is 3.51. The Morgan fingerprint density at radius 1 is 1.32 bits per heavy atom. The Morgan fingerprint density at radius 3 is 2.91 bits per heavy atom. The molecule has 2 aromatic rings. The number of hydrogen-bond acceptors (Lipinski definition) is 4. The highest BCUT2D eigenvalue weighted by molar-refractivity contribution is 9.11. The Labute approximate surface area is 141 Å². The zero-order valence-electron chi connectivity index (χ0n) is 11.9. The van der Waals surface area contributed by atoms with Gasteiger partial charge in [-0.3, -0.25) is 4.79 Å². The normalized spacial score (nSPS) is 12.8. The topological polar surface area (TPSA) is 38.8 Å². The van der Waals surface area contributed by atoms with E-state index in [0.29, 0.717) is 6.54 Å². The molecule has 22 heavy (non-hydrogen) atoms. The second-order valence-electron chi connectivity index (χ2n) is 4.86. The molecule has 1 aromatic heterocycles. The lowest BCUT2D eigenvalue weighted by Crippen LogP contribution is -2.24. The van der Waals surface area contributed by atoms with Crippen molar-refractivity contribution >= 4 is 39.2 Å². The summed E-state index contributed by atoms with van der Waals surface area (Å²) >= 11 is 4.99. The number of halogens is 1. The quantitative estimate of drug-likeness (QED) is 0.755. The number of thiophene rings is 1. The number of carbonyl (C=O) groups is 1. The smallest absolute Gasteiger partial charge is 0.246 e. The van der Waals surface area contributed by atoms with Crippen LogP contribution in [-0.4, -0.2) is 24.6 Å². The van der Waals surface area contributed by atoms with Gasteiger partial charge in [0.1, 0.15) is 0 Å². The van der Waals surface area contributed by atoms with Crippen LogP contribution in [-0.2, 0) is 11.3 Å². The first-order valence-corrected chi connectivity index (χ1v) is 8.30. The van der Waals surface area contributed by atoms with Gasteiger partial charge in [-0.1, -0.05) is 6.07 Å². The van der Waals surface area contributed by atoms with E-state index in [-0.39, 0.29) is 12.7 Å². The van der Waals surface area contributed by atoms with E-state index in [1.807, 2.05) is 36.4 Å². The van der Waals surface area contributed by atoms with Gasteiger partial charge in [0.05, 0.1) is 3.79 Å². The summed E-state index contributed by atoms with van der Waals surface area (Å²) in [6.07, 6.45) is 3.42. The molecule has 0 spiro atoms. The van der Waals surface area contributed by atoms with Crippen LogP contribution in [0.15, 0.2) is 40.2 Å². The molecule has 1 aliphatic heterocycles. The molecule has 1 amide bonds. The minimum absolute atomic E-state index is 0.0396. The molecule has 0 N–H and O–H groups in total. The van der Waals surface area contributed by atoms with Crippen LogP contribution in [0.4, 0.5) is 0 Å². The van der Waals surface area contributed by atoms with Gasteiger partial charge < -0.3 is 14.4 Å². The predicted octanol–water partition coefficient (Wildman–Crippen LogP) is 3.91. The monoisotopic (exact) mass is 379 g/mol. The van der Waals surface area contributed by atoms with Crippen molar-refractivity contribution in [3.05, 3.63) is 50.6 Å². The highest BCUT2D eigenvalue weighted by atomic mass is 79.9. The fourth-order valence-corrected chi connectivity index (χ4v) is 3.42. The van der Waals surface area contributed by atoms with Gasteiger partial charge in [-0.15, -0.1) is 11.3 Å². The minimum Gasteiger partial charge on any atom is -0.454 e. The first-order chi connectivity index (χ1) is 10.6. The highest BCUT2D eigenvalue weighted by Crippen LogP contribution is 2.32. The number of likely N-dealkylation sites (N-methyl/N-ethyl adjacent to an activating group) is 1. The summed E-state index contributed by atoms with van der Waals surface area (Å²) in [7, 11) is 1.78. The average Bonchev–Trinajstić information content (AvgIpc) is 3.12. The third-order valence-electron chi connectivity index (χ3n) is 3.22. The lowest BCUT2D eigenvalue weighted by molar-refractivity contribution is -0.125. The first-order valence-electron chi connectivity index (χ1n) is 6.69. The number of benzene rings is 1. The van der Waals surface area contributed by atoms with E-state index in [9.17, 15) is 4.79 Å². The molecule has 114 valence electrons. The van der Waals surface area contributed by atoms with Gasteiger partial charge >= 0.3 is 0 Å². The molecule has 0 saturated heterocycles. The maximum Gasteiger partial charge on any atom is 0.246 e. The van der Waals surface area contributed by atoms with Gasteiger partial charge in [-0.25, -0.2) is 0 Å². The van der Waals surface area contributed by atoms with Crippen molar-refractivity contribution in [3.8, 4) is 11.5 Å². The number of fused-ring (bicyclic) bond motifs is 1. The number of ether oxygens (including phenoxy) is 2. The molecule has 4 nitrogen and oxygen atoms in total. The van der Waals surface area contributed by atoms with E-state index >= 15 is 0 Å². The fraction of sp³-hybridized carbons (Fsp3) is 0.188. The maximum atomic E-state index is 12.1. The van der Waals surface area contributed by atoms with Crippen molar-refractivity contribution in [2.45, 2.75) is 6.54 Å². The van der Waals surface area contributed by atoms with Gasteiger partial charge in [0, 0.05) is 24.5 Å². The number of carbonyl (C=O) groups excluding carboxylic acids is 1. The molecule has 0 fully saturated rings. The van der Waals surface area contributed by atoms with Crippen molar-refractivity contribution in [3.63, 3.8) is 0 Å². The van der Waals surface area contributed by atoms with Crippen LogP contribution in [0.5, 0.6) is 11.5 Å². The molecular formula is C16H14BrNO3S. The first kappa shape index (κ1) is 15.1. The number of nitrogens with zero attached hydrogens (tertiary/aromatic N) is 1. The molecule has 1 aromatic carbocycles. The van der Waals surface area contributed by atoms with Gasteiger partial charge in [0.15, 0.2) is 11.5 Å². The molecule has 0 atom stereocenters. The van der Waals surface area contributed by atoms with Crippen molar-refractivity contribution in [1.29, 1.82) is 0 Å². The molecule has 0 bridgehead atoms. The van der Waals surface area contributed by atoms with Gasteiger partial charge in [-0.05, 0) is 51.8 Å². The van der Waals surface area contributed by atoms with E-state index in [1.165, 1.54) is 0 Å². The van der Waals surface area contributed by atoms with Gasteiger partial charge in [0.25, 0.3) is 0 Å². The van der Waals surface area contributed by atoms with Gasteiger partial charge in [-0.2, -0.15) is 0 Å². The fourth-order valence-electron chi connectivity index (χ4n) is 2.09. The highest BCUT2D eigenvalue weighted by Gasteiger charge is 2.14. The number of amides is 1. The summed E-state index contributed by atoms with van der Waals surface area (Å²) in [6.45, 7) is 0.778. The van der Waals surface area contributed by atoms with Crippen LogP contribution >= 0.6 is 27.3 Å². The Kier molecular flexibility index (Phi) is 4.49. The van der Waals surface area contributed by atoms with Crippen LogP contribution in [0.1, 0.15) is 10.4 Å². The van der Waals surface area contributed by atoms with Crippen LogP contribution in [0.3, 0.4) is 0 Å². The van der Waals surface area contributed by atoms with E-state index in [2.05, 4.69) is 15.9 Å². The maximum absolute atomic E-state index is 12.1. The van der Waals surface area contributed by atoms with Crippen molar-refractivity contribution in [2.75, 3.05) is 13.8 Å². The van der Waals surface area contributed by atoms with E-state index < -0.39 is 0 Å². The summed E-state index contributed by atoms with van der Waals surface area (Å²) in [5, 5.41) is 0. The summed E-state index contributed by atoms with van der Waals surface area (Å²) < 4.78 is 11.7. The molecule has 0 aliphatic carbocycles. The molecule has 3 rings (SSSR count). The molecule has 0 saturated carbocycles. The zero-order valence-corrected chi connectivity index (χ0v) is 14.3. The van der Waals surface area contributed by atoms with Crippen molar-refractivity contribution in [1.82, 2.24) is 4.90 Å². The summed E-state index contributed by atoms with van der Waals surface area (Å²) in [5.41, 5.74) is 1.01. The molecule has 0 unspecified atom stereocenters. The van der Waals surface area contributed by atoms with Crippen LogP contribution < -0.4 is 9.47 Å². The molecule has 0 radical (unpaired) electrons. The molecule has 2 heterocycles. The SMILES string of the molecule is CN(Cc1ccc2c(c1)OCO2)C(=O)/C=C/c1ccc(Br)s1. The minimum atomic E-state index is -0.0396. The van der Waals surface area contributed by atoms with Crippen LogP contribution in [0.2, 0.25) is 0 Å². The number of hydrogen-bond donors (Lipinski definition) is 0. The molecule has 6 heteroatoms. The largest absolute Gasteiger partial charge is 0.454 e. The van der Waals surface area contributed by atoms with Gasteiger partial charge in [0.2, 0.25) is 12.7 Å². The van der Waals surface area contributed by atoms with Crippen molar-refractivity contribution < 1.29 is 14.3 Å². The lowest BCUT2D eigenvalue weighted by Gasteiger charge is -2.15. The lowest BCUT2D eigenvalue weighted by atomic mass is 10.2. The summed E-state index contributed by atoms with van der Waals surface area (Å²) in [4.78, 5) is 14.8. The summed E-state index contributed by atoms with van der Waals surface area (Å²) in [6, 6.07) is 9.65. The molecular weight excluding hydrogens is 366 g/mol. The molecule has 1 aliphatic rings. The second kappa shape index (κ2) is 6.54. The Bertz CT molecular complexity index is 726. The van der Waals surface area contributed by atoms with Crippen LogP contribution in [0, 0.1) is 0 Å². The Balaban J connectivity index is 1.62. The van der Waals surface area contributed by atoms with E-state index in [0.717, 1.165) is 25.7 Å². The van der Waals surface area contributed by atoms with Crippen LogP contribution in [0.25, 0.3) is 6.08 Å². The average molecular weight is 380 g/mol. The Morgan fingerprint density at radius 2 is 2.14 bits per heavy atom. The number of rotatable bonds is 4. The third-order valence-corrected chi connectivity index (χ3v) is 4.81. The van der Waals surface area contributed by atoms with Crippen molar-refractivity contribution in [2.24, 2.45) is 0 Å². The zero-order chi connectivity index (χ0) is 15.5. The van der Waals surface area contributed by atoms with E-state index in [1.54, 1.807) is 29.4 Å². The summed E-state index contributed by atoms with van der Waals surface area (Å²) in [5.74, 6) is 1.44. The predicted molar refractivity (Wildman–Crippen MR) is 90.1 cm³/mol. The second-order valence-corrected chi connectivity index (χ2v) is 7.35. The van der Waals surface area contributed by atoms with E-state index in [4.69, 9.17) is 9.47 Å². The standard InChI is InChI=1S/C16H14BrNO3S/c1-18(16(19)7-4-12-3-6-15(17)22-12)9-11-2-5-13-14(8-11)21-10-20-13/h2-8H,9-10H2,1H3/b7-4+. The Hall–Kier alpha value is -1.79.